The normalized spacial score (nSPS) is 12.9. The van der Waals surface area contributed by atoms with Crippen LogP contribution >= 0.6 is 11.6 Å². The number of carbonyl (C=O) groups is 2. The van der Waals surface area contributed by atoms with Gasteiger partial charge >= 0.3 is 0 Å². The van der Waals surface area contributed by atoms with E-state index in [1.807, 2.05) is 45.0 Å². The molecule has 0 radical (unpaired) electrons. The smallest absolute Gasteiger partial charge is 0.253 e. The molecule has 2 aromatic rings. The van der Waals surface area contributed by atoms with Crippen molar-refractivity contribution in [1.82, 2.24) is 10.6 Å². The average Bonchev–Trinajstić information content (AvgIpc) is 2.67. The Balaban J connectivity index is 1.79. The summed E-state index contributed by atoms with van der Waals surface area (Å²) in [6.07, 6.45) is 1.78. The summed E-state index contributed by atoms with van der Waals surface area (Å²) in [7, 11) is 0. The summed E-state index contributed by atoms with van der Waals surface area (Å²) in [6.45, 7) is 7.60. The van der Waals surface area contributed by atoms with E-state index in [1.165, 1.54) is 5.56 Å². The van der Waals surface area contributed by atoms with Gasteiger partial charge in [-0.2, -0.15) is 0 Å². The number of carbonyl (C=O) groups excluding carboxylic acids is 2. The van der Waals surface area contributed by atoms with E-state index >= 15 is 0 Å². The fourth-order valence-corrected chi connectivity index (χ4v) is 3.04. The van der Waals surface area contributed by atoms with E-state index in [0.717, 1.165) is 18.6 Å². The van der Waals surface area contributed by atoms with Crippen LogP contribution in [0.2, 0.25) is 5.02 Å². The van der Waals surface area contributed by atoms with Gasteiger partial charge in [-0.3, -0.25) is 9.59 Å². The third-order valence-electron chi connectivity index (χ3n) is 4.41. The van der Waals surface area contributed by atoms with E-state index in [1.54, 1.807) is 31.2 Å². The highest BCUT2D eigenvalue weighted by atomic mass is 35.5. The molecule has 0 aliphatic heterocycles. The third-order valence-corrected chi connectivity index (χ3v) is 4.74. The van der Waals surface area contributed by atoms with Gasteiger partial charge in [-0.15, -0.1) is 0 Å². The van der Waals surface area contributed by atoms with Gasteiger partial charge in [0.15, 0.2) is 0 Å². The van der Waals surface area contributed by atoms with E-state index in [0.29, 0.717) is 10.6 Å². The monoisotopic (exact) mass is 416 g/mol. The zero-order valence-electron chi connectivity index (χ0n) is 17.4. The maximum Gasteiger partial charge on any atom is 0.253 e. The summed E-state index contributed by atoms with van der Waals surface area (Å²) < 4.78 is 5.64. The van der Waals surface area contributed by atoms with Crippen molar-refractivity contribution in [2.75, 3.05) is 0 Å². The molecule has 5 nitrogen and oxygen atoms in total. The fourth-order valence-electron chi connectivity index (χ4n) is 2.82. The van der Waals surface area contributed by atoms with Gasteiger partial charge in [0, 0.05) is 6.04 Å². The molecule has 0 saturated heterocycles. The lowest BCUT2D eigenvalue weighted by Gasteiger charge is -2.19. The van der Waals surface area contributed by atoms with Gasteiger partial charge in [0.25, 0.3) is 5.91 Å². The van der Waals surface area contributed by atoms with Crippen molar-refractivity contribution < 1.29 is 14.3 Å². The molecular weight excluding hydrogens is 388 g/mol. The van der Waals surface area contributed by atoms with Crippen LogP contribution in [0.25, 0.3) is 0 Å². The number of benzene rings is 2. The van der Waals surface area contributed by atoms with E-state index in [-0.39, 0.29) is 24.0 Å². The van der Waals surface area contributed by atoms with Gasteiger partial charge in [0.2, 0.25) is 5.91 Å². The number of nitrogens with one attached hydrogen (secondary N) is 2. The van der Waals surface area contributed by atoms with Crippen molar-refractivity contribution in [3.63, 3.8) is 0 Å². The molecule has 0 spiro atoms. The van der Waals surface area contributed by atoms with Gasteiger partial charge in [-0.05, 0) is 70.4 Å². The molecule has 2 N–H and O–H groups in total. The molecule has 0 aliphatic rings. The number of ether oxygens (including phenoxy) is 1. The first kappa shape index (κ1) is 22.8. The number of aryl methyl sites for hydroxylation is 1. The molecule has 0 aromatic heterocycles. The number of hydrogen-bond donors (Lipinski definition) is 2. The summed E-state index contributed by atoms with van der Waals surface area (Å²) in [5.41, 5.74) is 1.54. The molecule has 0 aliphatic carbocycles. The highest BCUT2D eigenvalue weighted by Gasteiger charge is 2.19. The van der Waals surface area contributed by atoms with Crippen LogP contribution in [-0.2, 0) is 11.2 Å². The number of rotatable bonds is 9. The Hall–Kier alpha value is -2.53. The Kier molecular flexibility index (Phi) is 8.52. The highest BCUT2D eigenvalue weighted by molar-refractivity contribution is 6.33. The van der Waals surface area contributed by atoms with Crippen LogP contribution in [0.3, 0.4) is 0 Å². The van der Waals surface area contributed by atoms with Crippen LogP contribution in [0.4, 0.5) is 0 Å². The predicted molar refractivity (Wildman–Crippen MR) is 117 cm³/mol. The molecule has 0 bridgehead atoms. The van der Waals surface area contributed by atoms with E-state index in [2.05, 4.69) is 10.6 Å². The minimum atomic E-state index is -0.659. The first-order valence-corrected chi connectivity index (χ1v) is 10.3. The zero-order chi connectivity index (χ0) is 21.4. The SMILES string of the molecule is CC(CCc1ccc(OC(C)C)cc1)NC(=O)C(C)NC(=O)c1ccccc1Cl. The quantitative estimate of drug-likeness (QED) is 0.637. The predicted octanol–water partition coefficient (Wildman–Crippen LogP) is 4.38. The lowest BCUT2D eigenvalue weighted by Crippen LogP contribution is -2.47. The molecule has 2 aromatic carbocycles. The number of amides is 2. The topological polar surface area (TPSA) is 67.4 Å². The summed E-state index contributed by atoms with van der Waals surface area (Å²) in [5.74, 6) is 0.265. The summed E-state index contributed by atoms with van der Waals surface area (Å²) in [4.78, 5) is 24.7. The van der Waals surface area contributed by atoms with Crippen molar-refractivity contribution in [3.8, 4) is 5.75 Å². The third kappa shape index (κ3) is 7.42. The van der Waals surface area contributed by atoms with E-state index < -0.39 is 6.04 Å². The van der Waals surface area contributed by atoms with Crippen molar-refractivity contribution in [2.45, 2.75) is 58.7 Å². The Bertz CT molecular complexity index is 821. The van der Waals surface area contributed by atoms with Gasteiger partial charge in [-0.1, -0.05) is 35.9 Å². The first-order valence-electron chi connectivity index (χ1n) is 9.87. The van der Waals surface area contributed by atoms with Gasteiger partial charge < -0.3 is 15.4 Å². The highest BCUT2D eigenvalue weighted by Crippen LogP contribution is 2.16. The zero-order valence-corrected chi connectivity index (χ0v) is 18.1. The minimum Gasteiger partial charge on any atom is -0.491 e. The molecular formula is C23H29ClN2O3. The molecule has 0 fully saturated rings. The fraction of sp³-hybridized carbons (Fsp3) is 0.391. The van der Waals surface area contributed by atoms with Gasteiger partial charge in [0.05, 0.1) is 16.7 Å². The Labute approximate surface area is 177 Å². The van der Waals surface area contributed by atoms with Crippen molar-refractivity contribution in [2.24, 2.45) is 0 Å². The van der Waals surface area contributed by atoms with Crippen LogP contribution in [0, 0.1) is 0 Å². The van der Waals surface area contributed by atoms with Crippen molar-refractivity contribution in [1.29, 1.82) is 0 Å². The Morgan fingerprint density at radius 2 is 1.62 bits per heavy atom. The molecule has 2 amide bonds. The lowest BCUT2D eigenvalue weighted by molar-refractivity contribution is -0.123. The maximum absolute atomic E-state index is 12.4. The standard InChI is InChI=1S/C23H29ClN2O3/c1-15(2)29-19-13-11-18(12-14-19)10-9-16(3)25-22(27)17(4)26-23(28)20-7-5-6-8-21(20)24/h5-8,11-17H,9-10H2,1-4H3,(H,25,27)(H,26,28). The van der Waals surface area contributed by atoms with Crippen LogP contribution < -0.4 is 15.4 Å². The largest absolute Gasteiger partial charge is 0.491 e. The molecule has 156 valence electrons. The summed E-state index contributed by atoms with van der Waals surface area (Å²) >= 11 is 6.03. The van der Waals surface area contributed by atoms with Crippen LogP contribution in [0.5, 0.6) is 5.75 Å². The Morgan fingerprint density at radius 3 is 2.24 bits per heavy atom. The maximum atomic E-state index is 12.4. The van der Waals surface area contributed by atoms with Crippen molar-refractivity contribution >= 4 is 23.4 Å². The summed E-state index contributed by atoms with van der Waals surface area (Å²) in [5, 5.41) is 5.99. The molecule has 29 heavy (non-hydrogen) atoms. The van der Waals surface area contributed by atoms with Gasteiger partial charge in [-0.25, -0.2) is 0 Å². The molecule has 0 heterocycles. The second kappa shape index (κ2) is 10.9. The van der Waals surface area contributed by atoms with Crippen molar-refractivity contribution in [3.05, 3.63) is 64.7 Å². The van der Waals surface area contributed by atoms with E-state index in [4.69, 9.17) is 16.3 Å². The summed E-state index contributed by atoms with van der Waals surface area (Å²) in [6, 6.07) is 14.1. The molecule has 6 heteroatoms. The molecule has 0 saturated carbocycles. The van der Waals surface area contributed by atoms with E-state index in [9.17, 15) is 9.59 Å². The van der Waals surface area contributed by atoms with Crippen LogP contribution in [0.1, 0.15) is 50.0 Å². The molecule has 2 atom stereocenters. The minimum absolute atomic E-state index is 0.0197. The lowest BCUT2D eigenvalue weighted by atomic mass is 10.1. The van der Waals surface area contributed by atoms with Crippen LogP contribution in [0.15, 0.2) is 48.5 Å². The van der Waals surface area contributed by atoms with Crippen LogP contribution in [-0.4, -0.2) is 30.0 Å². The molecule has 2 unspecified atom stereocenters. The average molecular weight is 417 g/mol. The number of hydrogen-bond acceptors (Lipinski definition) is 3. The number of halogens is 1. The first-order chi connectivity index (χ1) is 13.8. The second-order valence-corrected chi connectivity index (χ2v) is 7.84. The Morgan fingerprint density at radius 1 is 0.966 bits per heavy atom. The van der Waals surface area contributed by atoms with Gasteiger partial charge in [0.1, 0.15) is 11.8 Å². The molecule has 2 rings (SSSR count). The second-order valence-electron chi connectivity index (χ2n) is 7.43.